The van der Waals surface area contributed by atoms with Gasteiger partial charge in [-0.15, -0.1) is 0 Å². The molecule has 0 bridgehead atoms. The molecule has 0 spiro atoms. The van der Waals surface area contributed by atoms with Crippen LogP contribution in [0, 0.1) is 6.92 Å². The Morgan fingerprint density at radius 2 is 1.65 bits per heavy atom. The van der Waals surface area contributed by atoms with Crippen molar-refractivity contribution in [2.75, 3.05) is 32.3 Å². The molecular formula is C32H36N2O8S. The van der Waals surface area contributed by atoms with Gasteiger partial charge in [-0.05, 0) is 61.7 Å². The number of carbonyl (C=O) groups excluding carboxylic acids is 3. The number of carbonyl (C=O) groups is 3. The molecule has 2 aromatic carbocycles. The second-order valence-corrected chi connectivity index (χ2v) is 10.9. The van der Waals surface area contributed by atoms with E-state index < -0.39 is 23.7 Å². The minimum atomic E-state index is -1.07. The second kappa shape index (κ2) is 14.2. The summed E-state index contributed by atoms with van der Waals surface area (Å²) in [5.74, 6) is -1.20. The standard InChI is InChI=1S/C32H36N2O8S/c1-6-8-16-41-22-13-10-20(11-14-22)27(35)25-26(21-12-15-23(24(18-21)39-4)42-17-9-7-2)34(30(37)28(25)36)32-33-19(3)29(43-32)31(38)40-5/h10-15,18,26,35H,6-9,16-17H2,1-5H3. The Labute approximate surface area is 254 Å². The SMILES string of the molecule is CCCCOc1ccc(C(O)=C2C(=O)C(=O)N(c3nc(C)c(C(=O)OC)s3)C2c2ccc(OCCCC)c(OC)c2)cc1. The minimum Gasteiger partial charge on any atom is -0.507 e. The summed E-state index contributed by atoms with van der Waals surface area (Å²) in [5.41, 5.74) is 1.04. The Hall–Kier alpha value is -4.38. The molecule has 3 aromatic rings. The fourth-order valence-corrected chi connectivity index (χ4v) is 5.62. The number of anilines is 1. The Kier molecular flexibility index (Phi) is 10.4. The Bertz CT molecular complexity index is 1510. The number of thiazole rings is 1. The van der Waals surface area contributed by atoms with Crippen molar-refractivity contribution in [3.05, 3.63) is 69.7 Å². The van der Waals surface area contributed by atoms with E-state index in [-0.39, 0.29) is 21.3 Å². The lowest BCUT2D eigenvalue weighted by Gasteiger charge is -2.24. The van der Waals surface area contributed by atoms with Crippen LogP contribution in [-0.4, -0.2) is 55.2 Å². The molecule has 1 unspecified atom stereocenters. The van der Waals surface area contributed by atoms with Gasteiger partial charge in [-0.25, -0.2) is 9.78 Å². The molecule has 2 heterocycles. The molecule has 1 aromatic heterocycles. The molecule has 0 aliphatic carbocycles. The highest BCUT2D eigenvalue weighted by Gasteiger charge is 2.48. The summed E-state index contributed by atoms with van der Waals surface area (Å²) in [6, 6.07) is 10.7. The normalized spacial score (nSPS) is 15.9. The molecule has 0 radical (unpaired) electrons. The zero-order valence-electron chi connectivity index (χ0n) is 25.0. The molecule has 228 valence electrons. The minimum absolute atomic E-state index is 0.117. The quantitative estimate of drug-likeness (QED) is 0.0790. The molecule has 1 fully saturated rings. The topological polar surface area (TPSA) is 124 Å². The number of aliphatic hydroxyl groups excluding tert-OH is 1. The van der Waals surface area contributed by atoms with E-state index in [1.54, 1.807) is 49.4 Å². The first-order valence-corrected chi connectivity index (χ1v) is 15.0. The largest absolute Gasteiger partial charge is 0.507 e. The van der Waals surface area contributed by atoms with E-state index >= 15 is 0 Å². The maximum absolute atomic E-state index is 13.6. The van der Waals surface area contributed by atoms with E-state index in [0.717, 1.165) is 37.0 Å². The summed E-state index contributed by atoms with van der Waals surface area (Å²) in [4.78, 5) is 45.4. The maximum Gasteiger partial charge on any atom is 0.350 e. The van der Waals surface area contributed by atoms with Crippen LogP contribution in [0.1, 0.15) is 72.1 Å². The van der Waals surface area contributed by atoms with Crippen molar-refractivity contribution in [3.8, 4) is 17.2 Å². The third kappa shape index (κ3) is 6.67. The van der Waals surface area contributed by atoms with E-state index in [1.807, 2.05) is 0 Å². The number of ketones is 1. The Balaban J connectivity index is 1.84. The third-order valence-electron chi connectivity index (χ3n) is 6.96. The average molecular weight is 609 g/mol. The zero-order valence-corrected chi connectivity index (χ0v) is 25.8. The Morgan fingerprint density at radius 1 is 0.977 bits per heavy atom. The van der Waals surface area contributed by atoms with E-state index in [2.05, 4.69) is 18.8 Å². The van der Waals surface area contributed by atoms with Gasteiger partial charge in [0.15, 0.2) is 16.6 Å². The number of hydrogen-bond acceptors (Lipinski definition) is 10. The molecule has 4 rings (SSSR count). The van der Waals surface area contributed by atoms with E-state index in [4.69, 9.17) is 18.9 Å². The van der Waals surface area contributed by atoms with Crippen LogP contribution < -0.4 is 19.1 Å². The van der Waals surface area contributed by atoms with Crippen LogP contribution in [0.2, 0.25) is 0 Å². The van der Waals surface area contributed by atoms with Crippen LogP contribution in [0.4, 0.5) is 5.13 Å². The number of hydrogen-bond donors (Lipinski definition) is 1. The molecule has 1 saturated heterocycles. The summed E-state index contributed by atoms with van der Waals surface area (Å²) >= 11 is 0.932. The number of aliphatic hydroxyl groups is 1. The van der Waals surface area contributed by atoms with Crippen LogP contribution in [-0.2, 0) is 14.3 Å². The van der Waals surface area contributed by atoms with Crippen molar-refractivity contribution in [3.63, 3.8) is 0 Å². The van der Waals surface area contributed by atoms with Gasteiger partial charge in [0.1, 0.15) is 16.4 Å². The predicted molar refractivity (Wildman–Crippen MR) is 163 cm³/mol. The highest BCUT2D eigenvalue weighted by atomic mass is 32.1. The van der Waals surface area contributed by atoms with Crippen molar-refractivity contribution in [1.29, 1.82) is 0 Å². The van der Waals surface area contributed by atoms with Crippen molar-refractivity contribution in [2.45, 2.75) is 52.5 Å². The van der Waals surface area contributed by atoms with Crippen LogP contribution in [0.25, 0.3) is 5.76 Å². The van der Waals surface area contributed by atoms with E-state index in [9.17, 15) is 19.5 Å². The molecule has 1 N–H and O–H groups in total. The molecular weight excluding hydrogens is 572 g/mol. The number of esters is 1. The lowest BCUT2D eigenvalue weighted by Crippen LogP contribution is -2.29. The first-order valence-electron chi connectivity index (χ1n) is 14.2. The summed E-state index contributed by atoms with van der Waals surface area (Å²) in [6.45, 7) is 6.81. The molecule has 10 nitrogen and oxygen atoms in total. The smallest absolute Gasteiger partial charge is 0.350 e. The van der Waals surface area contributed by atoms with Crippen LogP contribution in [0.5, 0.6) is 17.2 Å². The highest BCUT2D eigenvalue weighted by Crippen LogP contribution is 2.45. The monoisotopic (exact) mass is 608 g/mol. The van der Waals surface area contributed by atoms with Crippen molar-refractivity contribution in [1.82, 2.24) is 4.98 Å². The van der Waals surface area contributed by atoms with Crippen LogP contribution in [0.15, 0.2) is 48.0 Å². The van der Waals surface area contributed by atoms with Crippen molar-refractivity contribution in [2.24, 2.45) is 0 Å². The number of ether oxygens (including phenoxy) is 4. The molecule has 43 heavy (non-hydrogen) atoms. The number of nitrogens with zero attached hydrogens (tertiary/aromatic N) is 2. The highest BCUT2D eigenvalue weighted by molar-refractivity contribution is 7.17. The Morgan fingerprint density at radius 3 is 2.28 bits per heavy atom. The van der Waals surface area contributed by atoms with Gasteiger partial charge in [-0.3, -0.25) is 14.5 Å². The predicted octanol–water partition coefficient (Wildman–Crippen LogP) is 6.23. The van der Waals surface area contributed by atoms with Gasteiger partial charge in [0.25, 0.3) is 5.78 Å². The molecule has 1 amide bonds. The van der Waals surface area contributed by atoms with E-state index in [1.165, 1.54) is 19.1 Å². The fourth-order valence-electron chi connectivity index (χ4n) is 4.61. The number of aryl methyl sites for hydroxylation is 1. The first-order chi connectivity index (χ1) is 20.7. The van der Waals surface area contributed by atoms with Gasteiger partial charge in [0.05, 0.1) is 44.7 Å². The first kappa shape index (κ1) is 31.6. The third-order valence-corrected chi connectivity index (χ3v) is 8.10. The summed E-state index contributed by atoms with van der Waals surface area (Å²) in [7, 11) is 2.75. The number of aromatic nitrogens is 1. The van der Waals surface area contributed by atoms with Crippen LogP contribution in [0.3, 0.4) is 0 Å². The van der Waals surface area contributed by atoms with Crippen molar-refractivity contribution >= 4 is 39.9 Å². The lowest BCUT2D eigenvalue weighted by molar-refractivity contribution is -0.132. The zero-order chi connectivity index (χ0) is 31.1. The van der Waals surface area contributed by atoms with Gasteiger partial charge in [-0.2, -0.15) is 0 Å². The van der Waals surface area contributed by atoms with Gasteiger partial charge in [0.2, 0.25) is 0 Å². The van der Waals surface area contributed by atoms with Crippen molar-refractivity contribution < 1.29 is 38.4 Å². The molecule has 0 saturated carbocycles. The molecule has 11 heteroatoms. The number of rotatable bonds is 13. The van der Waals surface area contributed by atoms with Gasteiger partial charge >= 0.3 is 11.9 Å². The molecule has 1 atom stereocenters. The number of unbranched alkanes of at least 4 members (excludes halogenated alkanes) is 2. The maximum atomic E-state index is 13.6. The van der Waals surface area contributed by atoms with Gasteiger partial charge < -0.3 is 24.1 Å². The van der Waals surface area contributed by atoms with Gasteiger partial charge in [0, 0.05) is 5.56 Å². The number of benzene rings is 2. The molecule has 1 aliphatic rings. The molecule has 1 aliphatic heterocycles. The number of amides is 1. The lowest BCUT2D eigenvalue weighted by atomic mass is 9.95. The number of methoxy groups -OCH3 is 2. The van der Waals surface area contributed by atoms with Crippen LogP contribution >= 0.6 is 11.3 Å². The summed E-state index contributed by atoms with van der Waals surface area (Å²) in [6.07, 6.45) is 3.72. The van der Waals surface area contributed by atoms with E-state index in [0.29, 0.717) is 47.3 Å². The summed E-state index contributed by atoms with van der Waals surface area (Å²) in [5, 5.41) is 11.6. The summed E-state index contributed by atoms with van der Waals surface area (Å²) < 4.78 is 22.1. The second-order valence-electron chi connectivity index (χ2n) is 9.91. The average Bonchev–Trinajstić information content (AvgIpc) is 3.53. The van der Waals surface area contributed by atoms with Gasteiger partial charge in [-0.1, -0.05) is 44.1 Å². The number of Topliss-reactive ketones (excluding diaryl/α,β-unsaturated/α-hetero) is 1. The fraction of sp³-hybridized carbons (Fsp3) is 0.375.